The van der Waals surface area contributed by atoms with Crippen molar-refractivity contribution in [3.8, 4) is 6.07 Å². The first-order valence-electron chi connectivity index (χ1n) is 10.5. The Morgan fingerprint density at radius 3 is 2.79 bits per heavy atom. The van der Waals surface area contributed by atoms with Crippen LogP contribution in [0.15, 0.2) is 40.3 Å². The number of aromatic nitrogens is 1. The van der Waals surface area contributed by atoms with E-state index >= 15 is 0 Å². The Morgan fingerprint density at radius 2 is 2.03 bits per heavy atom. The molecular formula is C22H22N4O5S2. The van der Waals surface area contributed by atoms with Crippen LogP contribution in [0, 0.1) is 11.3 Å². The van der Waals surface area contributed by atoms with Crippen molar-refractivity contribution in [1.82, 2.24) is 9.29 Å². The molecule has 0 radical (unpaired) electrons. The molecule has 11 heteroatoms. The molecule has 1 aromatic heterocycles. The highest BCUT2D eigenvalue weighted by Crippen LogP contribution is 2.28. The summed E-state index contributed by atoms with van der Waals surface area (Å²) in [6.07, 6.45) is 1.84. The average molecular weight is 487 g/mol. The fourth-order valence-electron chi connectivity index (χ4n) is 3.71. The topological polar surface area (TPSA) is 129 Å². The van der Waals surface area contributed by atoms with Crippen LogP contribution in [-0.4, -0.2) is 61.5 Å². The van der Waals surface area contributed by atoms with Crippen molar-refractivity contribution in [3.05, 3.63) is 47.2 Å². The van der Waals surface area contributed by atoms with Crippen LogP contribution < -0.4 is 5.32 Å². The predicted octanol–water partition coefficient (Wildman–Crippen LogP) is 2.22. The van der Waals surface area contributed by atoms with E-state index in [9.17, 15) is 23.3 Å². The average Bonchev–Trinajstić information content (AvgIpc) is 2.83. The van der Waals surface area contributed by atoms with Gasteiger partial charge in [-0.1, -0.05) is 17.8 Å². The number of hydrogen-bond donors (Lipinski definition) is 1. The van der Waals surface area contributed by atoms with Crippen LogP contribution in [0.4, 0.5) is 5.69 Å². The first-order valence-corrected chi connectivity index (χ1v) is 12.9. The maximum atomic E-state index is 12.8. The standard InChI is InChI=1S/C22H22N4O5S2/c23-13-15-11-18-19(5-2-6-20(18)27)25-22(15)32-14-21(28)24-16-3-1-4-17(12-16)33(29,30)26-7-9-31-10-8-26/h1,3-4,11-12H,2,5-10,14H2,(H,24,28). The molecule has 0 atom stereocenters. The van der Waals surface area contributed by atoms with Gasteiger partial charge in [0.15, 0.2) is 5.78 Å². The molecule has 4 rings (SSSR count). The number of anilines is 1. The first kappa shape index (κ1) is 23.4. The van der Waals surface area contributed by atoms with E-state index < -0.39 is 10.0 Å². The van der Waals surface area contributed by atoms with E-state index in [1.165, 1.54) is 16.4 Å². The summed E-state index contributed by atoms with van der Waals surface area (Å²) in [5, 5.41) is 12.5. The van der Waals surface area contributed by atoms with Crippen molar-refractivity contribution < 1.29 is 22.7 Å². The minimum absolute atomic E-state index is 0.0125. The van der Waals surface area contributed by atoms with Gasteiger partial charge in [-0.15, -0.1) is 0 Å². The second-order valence-electron chi connectivity index (χ2n) is 7.61. The number of hydrogen-bond acceptors (Lipinski definition) is 8. The van der Waals surface area contributed by atoms with E-state index in [0.717, 1.165) is 18.2 Å². The lowest BCUT2D eigenvalue weighted by atomic mass is 9.94. The molecule has 9 nitrogen and oxygen atoms in total. The third-order valence-corrected chi connectivity index (χ3v) is 8.26. The number of ether oxygens (including phenoxy) is 1. The zero-order valence-corrected chi connectivity index (χ0v) is 19.4. The second-order valence-corrected chi connectivity index (χ2v) is 10.5. The molecule has 1 N–H and O–H groups in total. The summed E-state index contributed by atoms with van der Waals surface area (Å²) >= 11 is 1.11. The zero-order chi connectivity index (χ0) is 23.4. The Labute approximate surface area is 196 Å². The Morgan fingerprint density at radius 1 is 1.24 bits per heavy atom. The third kappa shape index (κ3) is 5.25. The number of nitriles is 1. The number of amides is 1. The van der Waals surface area contributed by atoms with E-state index in [4.69, 9.17) is 4.74 Å². The van der Waals surface area contributed by atoms with Crippen molar-refractivity contribution in [2.24, 2.45) is 0 Å². The van der Waals surface area contributed by atoms with Gasteiger partial charge in [0.25, 0.3) is 0 Å². The molecule has 1 aliphatic heterocycles. The molecule has 1 amide bonds. The van der Waals surface area contributed by atoms with Gasteiger partial charge >= 0.3 is 0 Å². The Hall–Kier alpha value is -2.78. The van der Waals surface area contributed by atoms with Crippen molar-refractivity contribution in [2.45, 2.75) is 29.2 Å². The van der Waals surface area contributed by atoms with E-state index in [1.54, 1.807) is 18.2 Å². The number of benzene rings is 1. The number of rotatable bonds is 6. The smallest absolute Gasteiger partial charge is 0.243 e. The summed E-state index contributed by atoms with van der Waals surface area (Å²) in [7, 11) is -3.67. The number of ketones is 1. The summed E-state index contributed by atoms with van der Waals surface area (Å²) in [5.41, 5.74) is 1.78. The van der Waals surface area contributed by atoms with Crippen molar-refractivity contribution >= 4 is 39.2 Å². The lowest BCUT2D eigenvalue weighted by molar-refractivity contribution is -0.113. The van der Waals surface area contributed by atoms with E-state index in [-0.39, 0.29) is 41.0 Å². The van der Waals surface area contributed by atoms with Crippen LogP contribution >= 0.6 is 11.8 Å². The van der Waals surface area contributed by atoms with Crippen molar-refractivity contribution in [1.29, 1.82) is 5.26 Å². The summed E-state index contributed by atoms with van der Waals surface area (Å²) in [6, 6.07) is 9.72. The maximum Gasteiger partial charge on any atom is 0.243 e. The molecule has 1 aromatic carbocycles. The monoisotopic (exact) mass is 486 g/mol. The normalized spacial score (nSPS) is 16.6. The predicted molar refractivity (Wildman–Crippen MR) is 122 cm³/mol. The summed E-state index contributed by atoms with van der Waals surface area (Å²) in [5.74, 6) is -0.392. The molecule has 1 aliphatic carbocycles. The minimum atomic E-state index is -3.67. The van der Waals surface area contributed by atoms with Gasteiger partial charge in [-0.2, -0.15) is 9.57 Å². The van der Waals surface area contributed by atoms with Crippen LogP contribution in [-0.2, 0) is 26.0 Å². The summed E-state index contributed by atoms with van der Waals surface area (Å²) in [4.78, 5) is 29.1. The zero-order valence-electron chi connectivity index (χ0n) is 17.7. The van der Waals surface area contributed by atoms with Gasteiger partial charge in [0.1, 0.15) is 11.1 Å². The highest BCUT2D eigenvalue weighted by Gasteiger charge is 2.26. The quantitative estimate of drug-likeness (QED) is 0.616. The number of sulfonamides is 1. The fourth-order valence-corrected chi connectivity index (χ4v) is 5.94. The Bertz CT molecular complexity index is 1230. The van der Waals surface area contributed by atoms with Crippen LogP contribution in [0.3, 0.4) is 0 Å². The molecule has 0 bridgehead atoms. The second kappa shape index (κ2) is 10.0. The van der Waals surface area contributed by atoms with Gasteiger partial charge in [0, 0.05) is 30.8 Å². The minimum Gasteiger partial charge on any atom is -0.379 e. The van der Waals surface area contributed by atoms with Gasteiger partial charge in [-0.3, -0.25) is 9.59 Å². The fraction of sp³-hybridized carbons (Fsp3) is 0.364. The highest BCUT2D eigenvalue weighted by atomic mass is 32.2. The number of Topliss-reactive ketones (excluding diaryl/α,β-unsaturated/α-hetero) is 1. The van der Waals surface area contributed by atoms with Gasteiger partial charge in [0.2, 0.25) is 15.9 Å². The molecule has 2 aliphatic rings. The number of fused-ring (bicyclic) bond motifs is 1. The van der Waals surface area contributed by atoms with Crippen LogP contribution in [0.25, 0.3) is 0 Å². The van der Waals surface area contributed by atoms with E-state index in [0.29, 0.717) is 48.0 Å². The molecule has 33 heavy (non-hydrogen) atoms. The number of thioether (sulfide) groups is 1. The number of morpholine rings is 1. The molecule has 0 unspecified atom stereocenters. The molecule has 172 valence electrons. The Kier molecular flexibility index (Phi) is 7.09. The van der Waals surface area contributed by atoms with Gasteiger partial charge in [-0.05, 0) is 37.1 Å². The number of nitrogens with one attached hydrogen (secondary N) is 1. The molecular weight excluding hydrogens is 464 g/mol. The lowest BCUT2D eigenvalue weighted by Gasteiger charge is -2.26. The van der Waals surface area contributed by atoms with Gasteiger partial charge in [-0.25, -0.2) is 13.4 Å². The first-order chi connectivity index (χ1) is 15.9. The van der Waals surface area contributed by atoms with Crippen LogP contribution in [0.5, 0.6) is 0 Å². The maximum absolute atomic E-state index is 12.8. The highest BCUT2D eigenvalue weighted by molar-refractivity contribution is 8.00. The van der Waals surface area contributed by atoms with Crippen molar-refractivity contribution in [3.63, 3.8) is 0 Å². The van der Waals surface area contributed by atoms with Gasteiger partial charge < -0.3 is 10.1 Å². The van der Waals surface area contributed by atoms with E-state index in [1.807, 2.05) is 6.07 Å². The molecule has 0 saturated carbocycles. The molecule has 0 spiro atoms. The van der Waals surface area contributed by atoms with Crippen LogP contribution in [0.2, 0.25) is 0 Å². The molecule has 2 aromatic rings. The Balaban J connectivity index is 1.43. The van der Waals surface area contributed by atoms with Gasteiger partial charge in [0.05, 0.1) is 35.1 Å². The van der Waals surface area contributed by atoms with Crippen molar-refractivity contribution in [2.75, 3.05) is 37.4 Å². The molecule has 1 fully saturated rings. The van der Waals surface area contributed by atoms with E-state index in [2.05, 4.69) is 10.3 Å². The SMILES string of the molecule is N#Cc1cc2c(nc1SCC(=O)Nc1cccc(S(=O)(=O)N3CCOCC3)c1)CCCC2=O. The number of aryl methyl sites for hydroxylation is 1. The lowest BCUT2D eigenvalue weighted by Crippen LogP contribution is -2.40. The molecule has 2 heterocycles. The number of nitrogens with zero attached hydrogens (tertiary/aromatic N) is 3. The molecule has 1 saturated heterocycles. The number of carbonyl (C=O) groups is 2. The summed E-state index contributed by atoms with van der Waals surface area (Å²) in [6.45, 7) is 1.28. The third-order valence-electron chi connectivity index (χ3n) is 5.37. The number of carbonyl (C=O) groups excluding carboxylic acids is 2. The van der Waals surface area contributed by atoms with Crippen LogP contribution in [0.1, 0.15) is 34.5 Å². The largest absolute Gasteiger partial charge is 0.379 e. The summed E-state index contributed by atoms with van der Waals surface area (Å²) < 4.78 is 32.3. The number of pyridine rings is 1.